The van der Waals surface area contributed by atoms with Crippen molar-refractivity contribution >= 4 is 75.9 Å². The van der Waals surface area contributed by atoms with Crippen LogP contribution in [0.4, 0.5) is 5.13 Å². The maximum absolute atomic E-state index is 12.7. The quantitative estimate of drug-likeness (QED) is 0.395. The number of carbonyl (C=O) groups excluding carboxylic acids is 1. The number of fused-ring (bicyclic) bond motifs is 3. The van der Waals surface area contributed by atoms with Crippen LogP contribution in [0.1, 0.15) is 23.2 Å². The van der Waals surface area contributed by atoms with Gasteiger partial charge in [0.25, 0.3) is 5.91 Å². The number of benzene rings is 2. The molecule has 1 fully saturated rings. The molecular weight excluding hydrogens is 473 g/mol. The van der Waals surface area contributed by atoms with Gasteiger partial charge in [-0.2, -0.15) is 4.31 Å². The van der Waals surface area contributed by atoms with Gasteiger partial charge in [-0.05, 0) is 55.5 Å². The summed E-state index contributed by atoms with van der Waals surface area (Å²) < 4.78 is 29.7. The maximum Gasteiger partial charge on any atom is 0.257 e. The highest BCUT2D eigenvalue weighted by Gasteiger charge is 2.35. The molecule has 2 aromatic heterocycles. The van der Waals surface area contributed by atoms with Crippen LogP contribution in [-0.2, 0) is 10.0 Å². The average Bonchev–Trinajstić information content (AvgIpc) is 3.39. The Bertz CT molecular complexity index is 1410. The lowest BCUT2D eigenvalue weighted by Gasteiger charge is -2.16. The van der Waals surface area contributed by atoms with Gasteiger partial charge >= 0.3 is 0 Å². The largest absolute Gasteiger partial charge is 0.298 e. The molecule has 0 bridgehead atoms. The molecule has 0 atom stereocenters. The molecule has 0 saturated heterocycles. The van der Waals surface area contributed by atoms with Crippen molar-refractivity contribution in [3.05, 3.63) is 42.0 Å². The standard InChI is InChI=1S/C20H18N4O3S4/c1-24(12-5-6-12)31(26,27)13-7-3-11(4-8-13)18(25)23-19-21-14-9-10-15-17(16(14)29-19)30-20(22-15)28-2/h3-4,7-10,12H,5-6H2,1-2H3,(H,21,23,25). The Morgan fingerprint density at radius 3 is 2.35 bits per heavy atom. The van der Waals surface area contributed by atoms with Crippen molar-refractivity contribution in [1.29, 1.82) is 0 Å². The number of nitrogens with zero attached hydrogens (tertiary/aromatic N) is 3. The van der Waals surface area contributed by atoms with Gasteiger partial charge in [0.05, 0.1) is 25.3 Å². The van der Waals surface area contributed by atoms with Crippen molar-refractivity contribution in [2.75, 3.05) is 18.6 Å². The normalized spacial score (nSPS) is 14.5. The maximum atomic E-state index is 12.7. The Morgan fingerprint density at radius 2 is 1.71 bits per heavy atom. The van der Waals surface area contributed by atoms with Crippen LogP contribution >= 0.6 is 34.4 Å². The second-order valence-electron chi connectivity index (χ2n) is 7.20. The lowest BCUT2D eigenvalue weighted by molar-refractivity contribution is 0.102. The number of anilines is 1. The monoisotopic (exact) mass is 490 g/mol. The summed E-state index contributed by atoms with van der Waals surface area (Å²) in [5, 5.41) is 3.33. The Morgan fingerprint density at radius 1 is 1.06 bits per heavy atom. The third-order valence-corrected chi connectivity index (χ3v) is 10.3. The lowest BCUT2D eigenvalue weighted by atomic mass is 10.2. The van der Waals surface area contributed by atoms with Crippen molar-refractivity contribution in [2.24, 2.45) is 0 Å². The fraction of sp³-hybridized carbons (Fsp3) is 0.250. The average molecular weight is 491 g/mol. The lowest BCUT2D eigenvalue weighted by Crippen LogP contribution is -2.29. The zero-order valence-corrected chi connectivity index (χ0v) is 19.9. The third-order valence-electron chi connectivity index (χ3n) is 5.14. The second kappa shape index (κ2) is 7.82. The molecular formula is C20H18N4O3S4. The molecule has 0 aliphatic heterocycles. The van der Waals surface area contributed by atoms with Gasteiger partial charge in [0.2, 0.25) is 10.0 Å². The minimum absolute atomic E-state index is 0.0871. The number of thioether (sulfide) groups is 1. The molecule has 1 N–H and O–H groups in total. The first-order valence-electron chi connectivity index (χ1n) is 9.50. The predicted molar refractivity (Wildman–Crippen MR) is 127 cm³/mol. The fourth-order valence-corrected chi connectivity index (χ4v) is 7.31. The summed E-state index contributed by atoms with van der Waals surface area (Å²) in [5.41, 5.74) is 2.12. The van der Waals surface area contributed by atoms with Crippen LogP contribution in [0.25, 0.3) is 20.4 Å². The number of hydrogen-bond donors (Lipinski definition) is 1. The summed E-state index contributed by atoms with van der Waals surface area (Å²) in [6.45, 7) is 0. The summed E-state index contributed by atoms with van der Waals surface area (Å²) in [4.78, 5) is 22.0. The van der Waals surface area contributed by atoms with E-state index in [1.807, 2.05) is 18.4 Å². The minimum atomic E-state index is -3.53. The number of sulfonamides is 1. The molecule has 2 aromatic carbocycles. The molecule has 31 heavy (non-hydrogen) atoms. The Kier molecular flexibility index (Phi) is 5.25. The zero-order chi connectivity index (χ0) is 21.8. The molecule has 0 unspecified atom stereocenters. The molecule has 11 heteroatoms. The summed E-state index contributed by atoms with van der Waals surface area (Å²) in [5.74, 6) is -0.330. The number of rotatable bonds is 6. The number of thiazole rings is 2. The number of hydrogen-bond acceptors (Lipinski definition) is 8. The summed E-state index contributed by atoms with van der Waals surface area (Å²) >= 11 is 4.63. The second-order valence-corrected chi connectivity index (χ2v) is 12.2. The van der Waals surface area contributed by atoms with Gasteiger partial charge in [0, 0.05) is 18.7 Å². The first-order valence-corrected chi connectivity index (χ1v) is 13.8. The minimum Gasteiger partial charge on any atom is -0.298 e. The molecule has 0 spiro atoms. The third kappa shape index (κ3) is 3.85. The summed E-state index contributed by atoms with van der Waals surface area (Å²) in [6.07, 6.45) is 3.78. The molecule has 2 heterocycles. The Balaban J connectivity index is 1.38. The fourth-order valence-electron chi connectivity index (χ4n) is 3.24. The van der Waals surface area contributed by atoms with Gasteiger partial charge in [-0.3, -0.25) is 10.1 Å². The number of aromatic nitrogens is 2. The van der Waals surface area contributed by atoms with Crippen LogP contribution in [0.15, 0.2) is 45.6 Å². The van der Waals surface area contributed by atoms with Crippen molar-refractivity contribution in [3.8, 4) is 0 Å². The van der Waals surface area contributed by atoms with Crippen molar-refractivity contribution < 1.29 is 13.2 Å². The van der Waals surface area contributed by atoms with Crippen LogP contribution in [0.5, 0.6) is 0 Å². The van der Waals surface area contributed by atoms with E-state index >= 15 is 0 Å². The van der Waals surface area contributed by atoms with Crippen molar-refractivity contribution in [3.63, 3.8) is 0 Å². The van der Waals surface area contributed by atoms with E-state index in [0.29, 0.717) is 10.7 Å². The molecule has 5 rings (SSSR count). The van der Waals surface area contributed by atoms with E-state index in [-0.39, 0.29) is 16.8 Å². The van der Waals surface area contributed by atoms with Crippen LogP contribution in [0.2, 0.25) is 0 Å². The highest BCUT2D eigenvalue weighted by Crippen LogP contribution is 2.38. The number of carbonyl (C=O) groups is 1. The molecule has 0 radical (unpaired) electrons. The van der Waals surface area contributed by atoms with Gasteiger partial charge in [-0.25, -0.2) is 18.4 Å². The molecule has 1 aliphatic rings. The van der Waals surface area contributed by atoms with Gasteiger partial charge < -0.3 is 0 Å². The summed E-state index contributed by atoms with van der Waals surface area (Å²) in [6, 6.07) is 9.95. The number of nitrogens with one attached hydrogen (secondary N) is 1. The van der Waals surface area contributed by atoms with Gasteiger partial charge in [0.1, 0.15) is 0 Å². The molecule has 160 valence electrons. The van der Waals surface area contributed by atoms with E-state index in [0.717, 1.165) is 37.6 Å². The van der Waals surface area contributed by atoms with Crippen molar-refractivity contribution in [1.82, 2.24) is 14.3 Å². The van der Waals surface area contributed by atoms with Gasteiger partial charge in [-0.1, -0.05) is 23.1 Å². The van der Waals surface area contributed by atoms with E-state index < -0.39 is 10.0 Å². The smallest absolute Gasteiger partial charge is 0.257 e. The zero-order valence-electron chi connectivity index (χ0n) is 16.7. The Hall–Kier alpha value is -2.05. The Labute approximate surface area is 191 Å². The van der Waals surface area contributed by atoms with E-state index in [1.165, 1.54) is 39.9 Å². The van der Waals surface area contributed by atoms with Crippen LogP contribution in [0, 0.1) is 0 Å². The van der Waals surface area contributed by atoms with Gasteiger partial charge in [0.15, 0.2) is 9.47 Å². The van der Waals surface area contributed by atoms with Crippen LogP contribution in [-0.4, -0.2) is 47.9 Å². The van der Waals surface area contributed by atoms with Crippen molar-refractivity contribution in [2.45, 2.75) is 28.1 Å². The molecule has 7 nitrogen and oxygen atoms in total. The van der Waals surface area contributed by atoms with Gasteiger partial charge in [-0.15, -0.1) is 11.3 Å². The highest BCUT2D eigenvalue weighted by atomic mass is 32.2. The first kappa shape index (κ1) is 20.8. The predicted octanol–water partition coefficient (Wildman–Crippen LogP) is 4.66. The van der Waals surface area contributed by atoms with Crippen LogP contribution in [0.3, 0.4) is 0 Å². The molecule has 1 aliphatic carbocycles. The summed E-state index contributed by atoms with van der Waals surface area (Å²) in [7, 11) is -1.93. The number of amides is 1. The van der Waals surface area contributed by atoms with E-state index in [2.05, 4.69) is 15.3 Å². The first-order chi connectivity index (χ1) is 14.9. The van der Waals surface area contributed by atoms with E-state index in [1.54, 1.807) is 30.1 Å². The van der Waals surface area contributed by atoms with E-state index in [4.69, 9.17) is 0 Å². The van der Waals surface area contributed by atoms with E-state index in [9.17, 15) is 13.2 Å². The SMILES string of the molecule is CSc1nc2ccc3nc(NC(=O)c4ccc(S(=O)(=O)N(C)C5CC5)cc4)sc3c2s1. The molecule has 4 aromatic rings. The molecule has 1 amide bonds. The molecule has 1 saturated carbocycles. The van der Waals surface area contributed by atoms with Crippen LogP contribution < -0.4 is 5.32 Å². The topological polar surface area (TPSA) is 92.3 Å². The highest BCUT2D eigenvalue weighted by molar-refractivity contribution is 8.00.